The van der Waals surface area contributed by atoms with E-state index in [0.717, 1.165) is 21.2 Å². The van der Waals surface area contributed by atoms with Crippen LogP contribution in [0.15, 0.2) is 34.8 Å². The first-order valence-electron chi connectivity index (χ1n) is 6.73. The summed E-state index contributed by atoms with van der Waals surface area (Å²) in [5, 5.41) is 0.606. The highest BCUT2D eigenvalue weighted by atomic mass is 79.9. The average Bonchev–Trinajstić information content (AvgIpc) is 2.40. The highest BCUT2D eigenvalue weighted by Gasteiger charge is 2.11. The quantitative estimate of drug-likeness (QED) is 0.550. The van der Waals surface area contributed by atoms with Crippen LogP contribution in [0.2, 0.25) is 5.02 Å². The smallest absolute Gasteiger partial charge is 0.349 e. The fraction of sp³-hybridized carbons (Fsp3) is 0.235. The van der Waals surface area contributed by atoms with E-state index in [4.69, 9.17) is 21.1 Å². The fourth-order valence-electron chi connectivity index (χ4n) is 2.14. The first-order valence-corrected chi connectivity index (χ1v) is 7.90. The summed E-state index contributed by atoms with van der Waals surface area (Å²) >= 11 is 9.30. The van der Waals surface area contributed by atoms with Crippen LogP contribution >= 0.6 is 27.5 Å². The molecular formula is C17H16BrClO3. The van der Waals surface area contributed by atoms with Crippen LogP contribution in [0.5, 0.6) is 11.5 Å². The lowest BCUT2D eigenvalue weighted by Crippen LogP contribution is -2.18. The van der Waals surface area contributed by atoms with Crippen LogP contribution < -0.4 is 9.47 Å². The molecule has 0 amide bonds. The second-order valence-electron chi connectivity index (χ2n) is 5.04. The molecule has 0 heterocycles. The Morgan fingerprint density at radius 1 is 1.09 bits per heavy atom. The van der Waals surface area contributed by atoms with Crippen molar-refractivity contribution < 1.29 is 14.3 Å². The molecule has 5 heteroatoms. The molecule has 0 aliphatic rings. The van der Waals surface area contributed by atoms with E-state index in [1.807, 2.05) is 32.9 Å². The number of rotatable bonds is 4. The lowest BCUT2D eigenvalue weighted by molar-refractivity contribution is -0.136. The third-order valence-corrected chi connectivity index (χ3v) is 3.81. The van der Waals surface area contributed by atoms with Crippen LogP contribution in [0.1, 0.15) is 16.7 Å². The van der Waals surface area contributed by atoms with Gasteiger partial charge in [-0.3, -0.25) is 0 Å². The van der Waals surface area contributed by atoms with Crippen molar-refractivity contribution in [3.63, 3.8) is 0 Å². The molecule has 3 nitrogen and oxygen atoms in total. The van der Waals surface area contributed by atoms with E-state index in [9.17, 15) is 4.79 Å². The van der Waals surface area contributed by atoms with Crippen molar-refractivity contribution in [1.82, 2.24) is 0 Å². The SMILES string of the molecule is Cc1cc(Cl)ccc1OC(=O)COc1c(C)cc(Br)cc1C. The standard InChI is InChI=1S/C17H16BrClO3/c1-10-8-14(19)4-5-15(10)22-16(20)9-21-17-11(2)6-13(18)7-12(17)3/h4-8H,9H2,1-3H3. The molecule has 0 saturated heterocycles. The first kappa shape index (κ1) is 16.8. The van der Waals surface area contributed by atoms with E-state index in [2.05, 4.69) is 15.9 Å². The van der Waals surface area contributed by atoms with E-state index in [1.165, 1.54) is 0 Å². The Balaban J connectivity index is 2.02. The predicted octanol–water partition coefficient (Wildman–Crippen LogP) is 5.01. The Morgan fingerprint density at radius 3 is 2.32 bits per heavy atom. The maximum absolute atomic E-state index is 11.9. The molecule has 0 saturated carbocycles. The van der Waals surface area contributed by atoms with Crippen molar-refractivity contribution in [2.45, 2.75) is 20.8 Å². The first-order chi connectivity index (χ1) is 10.4. The minimum atomic E-state index is -0.452. The molecule has 22 heavy (non-hydrogen) atoms. The Morgan fingerprint density at radius 2 is 1.73 bits per heavy atom. The largest absolute Gasteiger partial charge is 0.481 e. The van der Waals surface area contributed by atoms with Crippen molar-refractivity contribution in [2.24, 2.45) is 0 Å². The molecular weight excluding hydrogens is 368 g/mol. The van der Waals surface area contributed by atoms with Crippen LogP contribution in [0.4, 0.5) is 0 Å². The molecule has 0 unspecified atom stereocenters. The predicted molar refractivity (Wildman–Crippen MR) is 90.9 cm³/mol. The third-order valence-electron chi connectivity index (χ3n) is 3.12. The molecule has 0 aliphatic heterocycles. The monoisotopic (exact) mass is 382 g/mol. The van der Waals surface area contributed by atoms with Crippen LogP contribution in [0.3, 0.4) is 0 Å². The molecule has 0 aromatic heterocycles. The van der Waals surface area contributed by atoms with Crippen molar-refractivity contribution in [2.75, 3.05) is 6.61 Å². The lowest BCUT2D eigenvalue weighted by Gasteiger charge is -2.13. The van der Waals surface area contributed by atoms with E-state index in [-0.39, 0.29) is 6.61 Å². The van der Waals surface area contributed by atoms with Crippen LogP contribution in [0.25, 0.3) is 0 Å². The summed E-state index contributed by atoms with van der Waals surface area (Å²) in [4.78, 5) is 11.9. The van der Waals surface area contributed by atoms with Gasteiger partial charge in [0.2, 0.25) is 0 Å². The number of ether oxygens (including phenoxy) is 2. The van der Waals surface area contributed by atoms with Gasteiger partial charge in [-0.05, 0) is 67.8 Å². The van der Waals surface area contributed by atoms with Gasteiger partial charge in [0.25, 0.3) is 0 Å². The Hall–Kier alpha value is -1.52. The maximum atomic E-state index is 11.9. The minimum absolute atomic E-state index is 0.147. The van der Waals surface area contributed by atoms with Crippen LogP contribution in [-0.4, -0.2) is 12.6 Å². The zero-order valence-corrected chi connectivity index (χ0v) is 14.9. The number of hydrogen-bond acceptors (Lipinski definition) is 3. The molecule has 0 radical (unpaired) electrons. The Kier molecular flexibility index (Phi) is 5.48. The number of aryl methyl sites for hydroxylation is 3. The van der Waals surface area contributed by atoms with Crippen molar-refractivity contribution >= 4 is 33.5 Å². The van der Waals surface area contributed by atoms with Gasteiger partial charge in [-0.1, -0.05) is 27.5 Å². The third kappa shape index (κ3) is 4.24. The summed E-state index contributed by atoms with van der Waals surface area (Å²) in [7, 11) is 0. The van der Waals surface area contributed by atoms with Gasteiger partial charge in [0, 0.05) is 9.50 Å². The highest BCUT2D eigenvalue weighted by molar-refractivity contribution is 9.10. The van der Waals surface area contributed by atoms with Gasteiger partial charge in [0.05, 0.1) is 0 Å². The molecule has 0 fully saturated rings. The number of esters is 1. The number of halogens is 2. The fourth-order valence-corrected chi connectivity index (χ4v) is 3.05. The van der Waals surface area contributed by atoms with E-state index < -0.39 is 5.97 Å². The summed E-state index contributed by atoms with van der Waals surface area (Å²) in [6.45, 7) is 5.55. The molecule has 0 spiro atoms. The number of carbonyl (C=O) groups excluding carboxylic acids is 1. The van der Waals surface area contributed by atoms with Crippen LogP contribution in [0, 0.1) is 20.8 Å². The summed E-state index contributed by atoms with van der Waals surface area (Å²) in [5.41, 5.74) is 2.72. The molecule has 0 atom stereocenters. The second-order valence-corrected chi connectivity index (χ2v) is 6.39. The lowest BCUT2D eigenvalue weighted by atomic mass is 10.1. The van der Waals surface area contributed by atoms with E-state index >= 15 is 0 Å². The van der Waals surface area contributed by atoms with Gasteiger partial charge in [-0.15, -0.1) is 0 Å². The molecule has 0 N–H and O–H groups in total. The van der Waals surface area contributed by atoms with Crippen LogP contribution in [-0.2, 0) is 4.79 Å². The highest BCUT2D eigenvalue weighted by Crippen LogP contribution is 2.27. The summed E-state index contributed by atoms with van der Waals surface area (Å²) in [5.74, 6) is 0.738. The van der Waals surface area contributed by atoms with E-state index in [0.29, 0.717) is 16.5 Å². The van der Waals surface area contributed by atoms with Gasteiger partial charge in [0.15, 0.2) is 6.61 Å². The van der Waals surface area contributed by atoms with Crippen molar-refractivity contribution in [3.05, 3.63) is 56.5 Å². The maximum Gasteiger partial charge on any atom is 0.349 e. The molecule has 2 aromatic rings. The van der Waals surface area contributed by atoms with E-state index in [1.54, 1.807) is 18.2 Å². The number of benzene rings is 2. The molecule has 2 aromatic carbocycles. The van der Waals surface area contributed by atoms with Crippen molar-refractivity contribution in [1.29, 1.82) is 0 Å². The van der Waals surface area contributed by atoms with Gasteiger partial charge in [-0.2, -0.15) is 0 Å². The summed E-state index contributed by atoms with van der Waals surface area (Å²) in [6, 6.07) is 8.98. The second kappa shape index (κ2) is 7.16. The normalized spacial score (nSPS) is 10.4. The average molecular weight is 384 g/mol. The van der Waals surface area contributed by atoms with Gasteiger partial charge < -0.3 is 9.47 Å². The van der Waals surface area contributed by atoms with Gasteiger partial charge >= 0.3 is 5.97 Å². The topological polar surface area (TPSA) is 35.5 Å². The Labute approximate surface area is 143 Å². The number of hydrogen-bond donors (Lipinski definition) is 0. The summed E-state index contributed by atoms with van der Waals surface area (Å²) in [6.07, 6.45) is 0. The van der Waals surface area contributed by atoms with Crippen molar-refractivity contribution in [3.8, 4) is 11.5 Å². The Bertz CT molecular complexity index is 690. The molecule has 0 bridgehead atoms. The zero-order valence-electron chi connectivity index (χ0n) is 12.6. The molecule has 0 aliphatic carbocycles. The minimum Gasteiger partial charge on any atom is -0.481 e. The van der Waals surface area contributed by atoms with Gasteiger partial charge in [-0.25, -0.2) is 4.79 Å². The zero-order chi connectivity index (χ0) is 16.3. The van der Waals surface area contributed by atoms with Gasteiger partial charge in [0.1, 0.15) is 11.5 Å². The number of carbonyl (C=O) groups is 1. The molecule has 2 rings (SSSR count). The molecule has 116 valence electrons. The summed E-state index contributed by atoms with van der Waals surface area (Å²) < 4.78 is 11.9.